The summed E-state index contributed by atoms with van der Waals surface area (Å²) in [5, 5.41) is 0.953. The molecule has 0 spiro atoms. The first kappa shape index (κ1) is 15.1. The quantitative estimate of drug-likeness (QED) is 0.885. The van der Waals surface area contributed by atoms with Crippen LogP contribution in [0.15, 0.2) is 36.4 Å². The predicted octanol–water partition coefficient (Wildman–Crippen LogP) is 4.73. The normalized spacial score (nSPS) is 12.2. The van der Waals surface area contributed by atoms with E-state index in [2.05, 4.69) is 0 Å². The second-order valence-electron chi connectivity index (χ2n) is 4.51. The van der Waals surface area contributed by atoms with Crippen molar-refractivity contribution in [3.63, 3.8) is 0 Å². The first-order chi connectivity index (χ1) is 9.47. The molecule has 2 aromatic rings. The summed E-state index contributed by atoms with van der Waals surface area (Å²) in [5.74, 6) is 0.0737. The standard InChI is InChI=1S/C15H14Cl2FNO/c1-9(19)12-4-3-11(7-15(12)18)20-8-10-2-5-13(16)14(17)6-10/h2-7,9H,8,19H2,1H3/t9-/m1/s1. The molecule has 0 fully saturated rings. The molecule has 0 bridgehead atoms. The van der Waals surface area contributed by atoms with E-state index in [1.807, 2.05) is 0 Å². The Bertz CT molecular complexity index is 617. The molecule has 1 atom stereocenters. The first-order valence-electron chi connectivity index (χ1n) is 6.09. The second kappa shape index (κ2) is 6.44. The first-order valence-corrected chi connectivity index (χ1v) is 6.84. The molecule has 0 aliphatic heterocycles. The van der Waals surface area contributed by atoms with Gasteiger partial charge in [0.2, 0.25) is 0 Å². The van der Waals surface area contributed by atoms with E-state index in [4.69, 9.17) is 33.7 Å². The van der Waals surface area contributed by atoms with Crippen LogP contribution in [0.1, 0.15) is 24.1 Å². The fraction of sp³-hybridized carbons (Fsp3) is 0.200. The van der Waals surface area contributed by atoms with Crippen molar-refractivity contribution in [2.24, 2.45) is 5.73 Å². The summed E-state index contributed by atoms with van der Waals surface area (Å²) < 4.78 is 19.3. The van der Waals surface area contributed by atoms with Crippen molar-refractivity contribution >= 4 is 23.2 Å². The predicted molar refractivity (Wildman–Crippen MR) is 79.8 cm³/mol. The molecule has 0 aliphatic carbocycles. The van der Waals surface area contributed by atoms with E-state index < -0.39 is 0 Å². The van der Waals surface area contributed by atoms with Crippen LogP contribution in [0.25, 0.3) is 0 Å². The minimum absolute atomic E-state index is 0.286. The van der Waals surface area contributed by atoms with Crippen molar-refractivity contribution in [2.45, 2.75) is 19.6 Å². The lowest BCUT2D eigenvalue weighted by Crippen LogP contribution is -2.07. The van der Waals surface area contributed by atoms with Crippen LogP contribution in [-0.2, 0) is 6.61 Å². The molecule has 2 rings (SSSR count). The zero-order valence-electron chi connectivity index (χ0n) is 10.9. The summed E-state index contributed by atoms with van der Waals surface area (Å²) in [7, 11) is 0. The average molecular weight is 314 g/mol. The highest BCUT2D eigenvalue weighted by atomic mass is 35.5. The third-order valence-corrected chi connectivity index (χ3v) is 3.59. The highest BCUT2D eigenvalue weighted by Crippen LogP contribution is 2.24. The number of hydrogen-bond acceptors (Lipinski definition) is 2. The van der Waals surface area contributed by atoms with Gasteiger partial charge >= 0.3 is 0 Å². The zero-order valence-corrected chi connectivity index (χ0v) is 12.4. The highest BCUT2D eigenvalue weighted by molar-refractivity contribution is 6.42. The van der Waals surface area contributed by atoms with Crippen LogP contribution < -0.4 is 10.5 Å². The molecular weight excluding hydrogens is 300 g/mol. The Hall–Kier alpha value is -1.29. The molecule has 0 aliphatic rings. The smallest absolute Gasteiger partial charge is 0.131 e. The monoisotopic (exact) mass is 313 g/mol. The Balaban J connectivity index is 2.07. The van der Waals surface area contributed by atoms with Crippen LogP contribution >= 0.6 is 23.2 Å². The summed E-state index contributed by atoms with van der Waals surface area (Å²) >= 11 is 11.7. The van der Waals surface area contributed by atoms with Gasteiger partial charge in [-0.3, -0.25) is 0 Å². The van der Waals surface area contributed by atoms with Crippen LogP contribution in [0.4, 0.5) is 4.39 Å². The average Bonchev–Trinajstić information content (AvgIpc) is 2.40. The molecule has 0 unspecified atom stereocenters. The van der Waals surface area contributed by atoms with Crippen LogP contribution in [0.2, 0.25) is 10.0 Å². The second-order valence-corrected chi connectivity index (χ2v) is 5.32. The van der Waals surface area contributed by atoms with Gasteiger partial charge in [0, 0.05) is 17.7 Å². The molecule has 5 heteroatoms. The Morgan fingerprint density at radius 3 is 2.50 bits per heavy atom. The molecular formula is C15H14Cl2FNO. The molecule has 0 amide bonds. The number of nitrogens with two attached hydrogens (primary N) is 1. The van der Waals surface area contributed by atoms with E-state index in [0.717, 1.165) is 5.56 Å². The van der Waals surface area contributed by atoms with Gasteiger partial charge < -0.3 is 10.5 Å². The topological polar surface area (TPSA) is 35.2 Å². The summed E-state index contributed by atoms with van der Waals surface area (Å²) in [6.45, 7) is 2.02. The van der Waals surface area contributed by atoms with E-state index in [1.54, 1.807) is 37.3 Å². The molecule has 0 radical (unpaired) electrons. The maximum atomic E-state index is 13.7. The van der Waals surface area contributed by atoms with E-state index in [0.29, 0.717) is 21.4 Å². The van der Waals surface area contributed by atoms with Crippen molar-refractivity contribution in [1.82, 2.24) is 0 Å². The third-order valence-electron chi connectivity index (χ3n) is 2.85. The zero-order chi connectivity index (χ0) is 14.7. The summed E-state index contributed by atoms with van der Waals surface area (Å²) in [5.41, 5.74) is 6.97. The van der Waals surface area contributed by atoms with Gasteiger partial charge in [-0.25, -0.2) is 4.39 Å². The lowest BCUT2D eigenvalue weighted by molar-refractivity contribution is 0.304. The van der Waals surface area contributed by atoms with Crippen molar-refractivity contribution in [1.29, 1.82) is 0 Å². The number of benzene rings is 2. The Morgan fingerprint density at radius 2 is 1.90 bits per heavy atom. The SMILES string of the molecule is C[C@@H](N)c1ccc(OCc2ccc(Cl)c(Cl)c2)cc1F. The third kappa shape index (κ3) is 3.63. The van der Waals surface area contributed by atoms with Crippen LogP contribution in [0.3, 0.4) is 0 Å². The number of rotatable bonds is 4. The molecule has 2 N–H and O–H groups in total. The molecule has 0 saturated heterocycles. The Morgan fingerprint density at radius 1 is 1.15 bits per heavy atom. The van der Waals surface area contributed by atoms with Gasteiger partial charge in [-0.1, -0.05) is 35.3 Å². The van der Waals surface area contributed by atoms with Crippen molar-refractivity contribution in [2.75, 3.05) is 0 Å². The maximum absolute atomic E-state index is 13.7. The summed E-state index contributed by atoms with van der Waals surface area (Å²) in [6, 6.07) is 9.53. The lowest BCUT2D eigenvalue weighted by Gasteiger charge is -2.11. The number of halogens is 3. The molecule has 0 saturated carbocycles. The van der Waals surface area contributed by atoms with E-state index in [-0.39, 0.29) is 18.5 Å². The molecule has 0 heterocycles. The van der Waals surface area contributed by atoms with Gasteiger partial charge in [-0.2, -0.15) is 0 Å². The van der Waals surface area contributed by atoms with Gasteiger partial charge in [0.1, 0.15) is 18.2 Å². The van der Waals surface area contributed by atoms with Crippen molar-refractivity contribution in [3.05, 3.63) is 63.4 Å². The van der Waals surface area contributed by atoms with Crippen LogP contribution in [0, 0.1) is 5.82 Å². The highest BCUT2D eigenvalue weighted by Gasteiger charge is 2.08. The van der Waals surface area contributed by atoms with Gasteiger partial charge in [-0.05, 0) is 30.7 Å². The fourth-order valence-corrected chi connectivity index (χ4v) is 2.08. The van der Waals surface area contributed by atoms with E-state index in [1.165, 1.54) is 6.07 Å². The minimum atomic E-state index is -0.369. The van der Waals surface area contributed by atoms with Gasteiger partial charge in [0.15, 0.2) is 0 Å². The Labute approximate surface area is 127 Å². The van der Waals surface area contributed by atoms with Crippen LogP contribution in [-0.4, -0.2) is 0 Å². The van der Waals surface area contributed by atoms with E-state index >= 15 is 0 Å². The summed E-state index contributed by atoms with van der Waals surface area (Å²) in [6.07, 6.45) is 0. The number of hydrogen-bond donors (Lipinski definition) is 1. The fourth-order valence-electron chi connectivity index (χ4n) is 1.76. The summed E-state index contributed by atoms with van der Waals surface area (Å²) in [4.78, 5) is 0. The van der Waals surface area contributed by atoms with Gasteiger partial charge in [0.05, 0.1) is 10.0 Å². The molecule has 106 valence electrons. The largest absolute Gasteiger partial charge is 0.489 e. The maximum Gasteiger partial charge on any atom is 0.131 e. The van der Waals surface area contributed by atoms with Gasteiger partial charge in [-0.15, -0.1) is 0 Å². The van der Waals surface area contributed by atoms with Crippen molar-refractivity contribution < 1.29 is 9.13 Å². The molecule has 20 heavy (non-hydrogen) atoms. The van der Waals surface area contributed by atoms with Crippen molar-refractivity contribution in [3.8, 4) is 5.75 Å². The minimum Gasteiger partial charge on any atom is -0.489 e. The molecule has 2 aromatic carbocycles. The van der Waals surface area contributed by atoms with Crippen LogP contribution in [0.5, 0.6) is 5.75 Å². The lowest BCUT2D eigenvalue weighted by atomic mass is 10.1. The number of ether oxygens (including phenoxy) is 1. The van der Waals surface area contributed by atoms with E-state index in [9.17, 15) is 4.39 Å². The Kier molecular flexibility index (Phi) is 4.86. The molecule has 2 nitrogen and oxygen atoms in total. The van der Waals surface area contributed by atoms with Gasteiger partial charge in [0.25, 0.3) is 0 Å². The molecule has 0 aromatic heterocycles.